The summed E-state index contributed by atoms with van der Waals surface area (Å²) in [6, 6.07) is 26.3. The fourth-order valence-corrected chi connectivity index (χ4v) is 7.28. The summed E-state index contributed by atoms with van der Waals surface area (Å²) < 4.78 is 247. The molecule has 0 N–H and O–H groups in total. The van der Waals surface area contributed by atoms with Crippen LogP contribution in [0.1, 0.15) is 11.1 Å². The van der Waals surface area contributed by atoms with Crippen molar-refractivity contribution in [2.24, 2.45) is 0 Å². The SMILES string of the molecule is Cc1ccc(-c2ccc3c(c2)oc2ccc4c(ccc5oc6cc(-c7ccc(C(F)(F)C(F)(F)C(F)(F)C(F)(F)C(F)(F)C(F)(F)C(F)(F)C(F)(F)F)cc7)ccc6c54)c23)cc1. The van der Waals surface area contributed by atoms with E-state index in [-0.39, 0.29) is 28.8 Å². The van der Waals surface area contributed by atoms with Gasteiger partial charge in [0, 0.05) is 27.1 Å². The highest BCUT2D eigenvalue weighted by molar-refractivity contribution is 6.27. The van der Waals surface area contributed by atoms with Gasteiger partial charge in [0.15, 0.2) is 0 Å². The molecule has 0 saturated heterocycles. The fraction of sp³-hybridized carbons (Fsp3) is 0.209. The normalized spacial score (nSPS) is 14.3. The molecule has 2 aromatic heterocycles. The zero-order valence-electron chi connectivity index (χ0n) is 30.6. The number of hydrogen-bond acceptors (Lipinski definition) is 2. The maximum absolute atomic E-state index is 15.0. The number of hydrogen-bond donors (Lipinski definition) is 0. The maximum atomic E-state index is 15.0. The van der Waals surface area contributed by atoms with Gasteiger partial charge >= 0.3 is 47.6 Å². The Labute approximate surface area is 335 Å². The minimum Gasteiger partial charge on any atom is -0.456 e. The fourth-order valence-electron chi connectivity index (χ4n) is 7.28. The summed E-state index contributed by atoms with van der Waals surface area (Å²) in [6.45, 7) is 1.97. The van der Waals surface area contributed by atoms with Gasteiger partial charge in [-0.05, 0) is 88.5 Å². The standard InChI is InChI=1S/C43H21F17O2/c1-20-2-4-21(5-3-20)23-8-12-28-32(18-23)61-30-16-14-27-26(34(28)30)15-17-31-35(27)29-13-9-24(19-33(29)62-31)22-6-10-25(11-7-22)36(44,45)37(46,47)38(48,49)39(50,51)40(52,53)41(54,55)42(56,57)43(58,59)60/h2-19H,1H3. The number of alkyl halides is 17. The van der Waals surface area contributed by atoms with Crippen LogP contribution in [0.25, 0.3) is 76.9 Å². The van der Waals surface area contributed by atoms with Crippen molar-refractivity contribution in [1.29, 1.82) is 0 Å². The Bertz CT molecular complexity index is 3050. The smallest absolute Gasteiger partial charge is 0.456 e. The lowest BCUT2D eigenvalue weighted by Crippen LogP contribution is -2.74. The van der Waals surface area contributed by atoms with Crippen LogP contribution in [0.4, 0.5) is 74.6 Å². The number of benzene rings is 6. The Morgan fingerprint density at radius 2 is 0.661 bits per heavy atom. The summed E-state index contributed by atoms with van der Waals surface area (Å²) in [5, 5.41) is 4.32. The predicted octanol–water partition coefficient (Wildman–Crippen LogP) is 15.7. The van der Waals surface area contributed by atoms with Crippen molar-refractivity contribution in [2.45, 2.75) is 54.6 Å². The van der Waals surface area contributed by atoms with Crippen LogP contribution >= 0.6 is 0 Å². The van der Waals surface area contributed by atoms with E-state index in [0.29, 0.717) is 39.7 Å². The molecule has 0 amide bonds. The summed E-state index contributed by atoms with van der Waals surface area (Å²) in [7, 11) is 0. The lowest BCUT2D eigenvalue weighted by molar-refractivity contribution is -0.462. The predicted molar refractivity (Wildman–Crippen MR) is 194 cm³/mol. The van der Waals surface area contributed by atoms with Gasteiger partial charge in [0.05, 0.1) is 0 Å². The summed E-state index contributed by atoms with van der Waals surface area (Å²) in [5.74, 6) is -57.0. The zero-order valence-corrected chi connectivity index (χ0v) is 30.6. The average molecular weight is 893 g/mol. The maximum Gasteiger partial charge on any atom is 0.460 e. The van der Waals surface area contributed by atoms with E-state index < -0.39 is 53.2 Å². The van der Waals surface area contributed by atoms with E-state index in [4.69, 9.17) is 8.83 Å². The van der Waals surface area contributed by atoms with Gasteiger partial charge in [-0.1, -0.05) is 66.2 Å². The molecule has 0 bridgehead atoms. The van der Waals surface area contributed by atoms with E-state index in [1.807, 2.05) is 61.5 Å². The van der Waals surface area contributed by atoms with Crippen LogP contribution in [0.2, 0.25) is 0 Å². The van der Waals surface area contributed by atoms with Crippen molar-refractivity contribution in [1.82, 2.24) is 0 Å². The Balaban J connectivity index is 1.12. The lowest BCUT2D eigenvalue weighted by Gasteiger charge is -2.42. The molecular weight excluding hydrogens is 871 g/mol. The average Bonchev–Trinajstić information content (AvgIpc) is 3.78. The molecular formula is C43H21F17O2. The second kappa shape index (κ2) is 13.2. The molecule has 324 valence electrons. The van der Waals surface area contributed by atoms with Crippen molar-refractivity contribution >= 4 is 54.6 Å². The van der Waals surface area contributed by atoms with Gasteiger partial charge in [-0.15, -0.1) is 0 Å². The Kier molecular flexibility index (Phi) is 9.12. The molecule has 0 aliphatic rings. The summed E-state index contributed by atoms with van der Waals surface area (Å²) >= 11 is 0. The first-order valence-electron chi connectivity index (χ1n) is 17.7. The second-order valence-electron chi connectivity index (χ2n) is 14.6. The highest BCUT2D eigenvalue weighted by atomic mass is 19.4. The molecule has 0 radical (unpaired) electrons. The van der Waals surface area contributed by atoms with Crippen molar-refractivity contribution in [3.63, 3.8) is 0 Å². The third-order valence-electron chi connectivity index (χ3n) is 10.8. The van der Waals surface area contributed by atoms with Crippen molar-refractivity contribution < 1.29 is 83.5 Å². The number of fused-ring (bicyclic) bond motifs is 9. The van der Waals surface area contributed by atoms with Gasteiger partial charge in [0.1, 0.15) is 22.3 Å². The molecule has 0 fully saturated rings. The molecule has 2 nitrogen and oxygen atoms in total. The molecule has 8 aromatic rings. The molecule has 2 heterocycles. The monoisotopic (exact) mass is 892 g/mol. The first-order chi connectivity index (χ1) is 28.6. The molecule has 0 aliphatic carbocycles. The van der Waals surface area contributed by atoms with Gasteiger partial charge in [-0.25, -0.2) is 0 Å². The quantitative estimate of drug-likeness (QED) is 0.135. The van der Waals surface area contributed by atoms with Gasteiger partial charge in [0.2, 0.25) is 0 Å². The van der Waals surface area contributed by atoms with Crippen molar-refractivity contribution in [3.8, 4) is 22.3 Å². The summed E-state index contributed by atoms with van der Waals surface area (Å²) in [6.07, 6.45) is -7.82. The van der Waals surface area contributed by atoms with Gasteiger partial charge in [0.25, 0.3) is 0 Å². The molecule has 6 aromatic carbocycles. The highest BCUT2D eigenvalue weighted by Crippen LogP contribution is 2.65. The van der Waals surface area contributed by atoms with E-state index >= 15 is 0 Å². The number of rotatable bonds is 9. The Hall–Kier alpha value is -6.01. The first kappa shape index (κ1) is 42.7. The zero-order chi connectivity index (χ0) is 45.4. The van der Waals surface area contributed by atoms with Gasteiger partial charge < -0.3 is 8.83 Å². The van der Waals surface area contributed by atoms with E-state index in [1.54, 1.807) is 18.2 Å². The van der Waals surface area contributed by atoms with Crippen LogP contribution in [0.15, 0.2) is 118 Å². The minimum absolute atomic E-state index is 0.0391. The number of aryl methyl sites for hydroxylation is 1. The molecule has 0 spiro atoms. The Morgan fingerprint density at radius 3 is 1.06 bits per heavy atom. The van der Waals surface area contributed by atoms with Gasteiger partial charge in [-0.2, -0.15) is 74.6 Å². The third kappa shape index (κ3) is 5.71. The second-order valence-corrected chi connectivity index (χ2v) is 14.6. The molecule has 8 rings (SSSR count). The summed E-state index contributed by atoms with van der Waals surface area (Å²) in [4.78, 5) is 0. The van der Waals surface area contributed by atoms with Crippen LogP contribution in [0.3, 0.4) is 0 Å². The molecule has 0 saturated carbocycles. The topological polar surface area (TPSA) is 26.3 Å². The minimum atomic E-state index is -8.69. The molecule has 0 unspecified atom stereocenters. The lowest BCUT2D eigenvalue weighted by atomic mass is 9.87. The van der Waals surface area contributed by atoms with Crippen LogP contribution in [0.5, 0.6) is 0 Å². The third-order valence-corrected chi connectivity index (χ3v) is 10.8. The summed E-state index contributed by atoms with van der Waals surface area (Å²) in [5.41, 5.74) is 2.51. The number of halogens is 17. The Morgan fingerprint density at radius 1 is 0.323 bits per heavy atom. The van der Waals surface area contributed by atoms with Crippen LogP contribution in [-0.4, -0.2) is 41.7 Å². The molecule has 0 aliphatic heterocycles. The van der Waals surface area contributed by atoms with E-state index in [0.717, 1.165) is 38.2 Å². The molecule has 0 atom stereocenters. The van der Waals surface area contributed by atoms with E-state index in [1.165, 1.54) is 12.1 Å². The highest BCUT2D eigenvalue weighted by Gasteiger charge is 2.95. The largest absolute Gasteiger partial charge is 0.460 e. The van der Waals surface area contributed by atoms with E-state index in [2.05, 4.69) is 0 Å². The van der Waals surface area contributed by atoms with Crippen molar-refractivity contribution in [2.75, 3.05) is 0 Å². The van der Waals surface area contributed by atoms with Crippen LogP contribution in [-0.2, 0) is 5.92 Å². The number of furan rings is 2. The molecule has 19 heteroatoms. The van der Waals surface area contributed by atoms with Crippen molar-refractivity contribution in [3.05, 3.63) is 120 Å². The molecule has 62 heavy (non-hydrogen) atoms. The first-order valence-corrected chi connectivity index (χ1v) is 17.7. The van der Waals surface area contributed by atoms with Gasteiger partial charge in [-0.3, -0.25) is 0 Å². The van der Waals surface area contributed by atoms with E-state index in [9.17, 15) is 74.6 Å². The van der Waals surface area contributed by atoms with Crippen LogP contribution in [0, 0.1) is 6.92 Å². The van der Waals surface area contributed by atoms with Crippen LogP contribution < -0.4 is 0 Å².